The van der Waals surface area contributed by atoms with Gasteiger partial charge in [-0.05, 0) is 32.9 Å². The molecule has 2 aliphatic heterocycles. The lowest BCUT2D eigenvalue weighted by atomic mass is 9.85. The number of carbonyl (C=O) groups is 3. The first kappa shape index (κ1) is 18.2. The van der Waals surface area contributed by atoms with E-state index in [1.807, 2.05) is 13.0 Å². The molecule has 6 nitrogen and oxygen atoms in total. The van der Waals surface area contributed by atoms with Crippen molar-refractivity contribution < 1.29 is 28.6 Å². The molecular weight excluding hydrogens is 336 g/mol. The van der Waals surface area contributed by atoms with Gasteiger partial charge in [-0.1, -0.05) is 18.2 Å². The summed E-state index contributed by atoms with van der Waals surface area (Å²) < 4.78 is 16.5. The molecule has 0 radical (unpaired) electrons. The van der Waals surface area contributed by atoms with Crippen molar-refractivity contribution in [2.45, 2.75) is 51.9 Å². The van der Waals surface area contributed by atoms with E-state index in [1.165, 1.54) is 0 Å². The standard InChI is InChI=1S/C20H22O6/c1-5-11(3)18(21)25-16-9-13-8-14(24-20(13)23)6-10(2)7-15-17(16)12(4)19(22)26-15/h5,7-8,14-17H,4,6,9H2,1-3H3/b10-7?,11-5+/t14-,15-,16+,17+/m1/s1. The molecule has 0 aromatic heterocycles. The molecule has 0 N–H and O–H groups in total. The molecule has 1 saturated heterocycles. The molecule has 3 rings (SSSR count). The second kappa shape index (κ2) is 6.94. The van der Waals surface area contributed by atoms with E-state index in [-0.39, 0.29) is 18.1 Å². The van der Waals surface area contributed by atoms with Crippen LogP contribution in [0, 0.1) is 5.92 Å². The van der Waals surface area contributed by atoms with E-state index in [9.17, 15) is 14.4 Å². The van der Waals surface area contributed by atoms with Gasteiger partial charge in [-0.3, -0.25) is 0 Å². The van der Waals surface area contributed by atoms with Crippen molar-refractivity contribution in [3.05, 3.63) is 47.1 Å². The van der Waals surface area contributed by atoms with E-state index in [0.717, 1.165) is 5.57 Å². The predicted molar refractivity (Wildman–Crippen MR) is 92.8 cm³/mol. The topological polar surface area (TPSA) is 78.9 Å². The van der Waals surface area contributed by atoms with E-state index in [4.69, 9.17) is 14.2 Å². The second-order valence-corrected chi connectivity index (χ2v) is 6.89. The molecule has 26 heavy (non-hydrogen) atoms. The zero-order valence-electron chi connectivity index (χ0n) is 15.1. The summed E-state index contributed by atoms with van der Waals surface area (Å²) in [6.07, 6.45) is 4.26. The first-order valence-electron chi connectivity index (χ1n) is 8.62. The van der Waals surface area contributed by atoms with Crippen molar-refractivity contribution in [3.63, 3.8) is 0 Å². The normalized spacial score (nSPS) is 31.5. The van der Waals surface area contributed by atoms with Gasteiger partial charge in [0.25, 0.3) is 0 Å². The van der Waals surface area contributed by atoms with Crippen LogP contribution in [0.3, 0.4) is 0 Å². The van der Waals surface area contributed by atoms with Gasteiger partial charge in [0.1, 0.15) is 18.3 Å². The third-order valence-corrected chi connectivity index (χ3v) is 4.98. The highest BCUT2D eigenvalue weighted by atomic mass is 16.6. The number of hydrogen-bond donors (Lipinski definition) is 0. The third-order valence-electron chi connectivity index (χ3n) is 4.98. The molecule has 1 fully saturated rings. The molecule has 2 heterocycles. The molecule has 1 aliphatic carbocycles. The van der Waals surface area contributed by atoms with Gasteiger partial charge in [-0.15, -0.1) is 0 Å². The highest BCUT2D eigenvalue weighted by Crippen LogP contribution is 2.38. The molecule has 4 atom stereocenters. The summed E-state index contributed by atoms with van der Waals surface area (Å²) in [6, 6.07) is 0. The van der Waals surface area contributed by atoms with Gasteiger partial charge in [0.05, 0.1) is 5.92 Å². The second-order valence-electron chi connectivity index (χ2n) is 6.89. The Labute approximate surface area is 152 Å². The fraction of sp³-hybridized carbons (Fsp3) is 0.450. The first-order chi connectivity index (χ1) is 12.3. The zero-order chi connectivity index (χ0) is 19.0. The first-order valence-corrected chi connectivity index (χ1v) is 8.62. The molecule has 0 amide bonds. The van der Waals surface area contributed by atoms with E-state index >= 15 is 0 Å². The van der Waals surface area contributed by atoms with Gasteiger partial charge in [0, 0.05) is 29.6 Å². The molecule has 0 saturated carbocycles. The minimum Gasteiger partial charge on any atom is -0.458 e. The molecule has 0 aromatic carbocycles. The van der Waals surface area contributed by atoms with Crippen molar-refractivity contribution >= 4 is 17.9 Å². The predicted octanol–water partition coefficient (Wildman–Crippen LogP) is 2.55. The Morgan fingerprint density at radius 2 is 1.96 bits per heavy atom. The summed E-state index contributed by atoms with van der Waals surface area (Å²) in [5, 5.41) is 0. The van der Waals surface area contributed by atoms with Crippen LogP contribution in [0.4, 0.5) is 0 Å². The van der Waals surface area contributed by atoms with Gasteiger partial charge in [0.15, 0.2) is 0 Å². The highest BCUT2D eigenvalue weighted by molar-refractivity contribution is 5.93. The highest BCUT2D eigenvalue weighted by Gasteiger charge is 2.46. The van der Waals surface area contributed by atoms with Crippen LogP contribution in [-0.4, -0.2) is 36.2 Å². The van der Waals surface area contributed by atoms with Gasteiger partial charge in [-0.2, -0.15) is 0 Å². The van der Waals surface area contributed by atoms with Crippen LogP contribution in [0.25, 0.3) is 0 Å². The number of rotatable bonds is 2. The number of hydrogen-bond acceptors (Lipinski definition) is 6. The molecule has 0 unspecified atom stereocenters. The average molecular weight is 358 g/mol. The summed E-state index contributed by atoms with van der Waals surface area (Å²) >= 11 is 0. The largest absolute Gasteiger partial charge is 0.458 e. The fourth-order valence-electron chi connectivity index (χ4n) is 3.44. The maximum atomic E-state index is 12.3. The molecule has 138 valence electrons. The van der Waals surface area contributed by atoms with Crippen molar-refractivity contribution in [3.8, 4) is 0 Å². The summed E-state index contributed by atoms with van der Waals surface area (Å²) in [5.74, 6) is -1.96. The summed E-state index contributed by atoms with van der Waals surface area (Å²) in [7, 11) is 0. The zero-order valence-corrected chi connectivity index (χ0v) is 15.1. The van der Waals surface area contributed by atoms with Crippen LogP contribution < -0.4 is 0 Å². The van der Waals surface area contributed by atoms with Gasteiger partial charge >= 0.3 is 17.9 Å². The lowest BCUT2D eigenvalue weighted by molar-refractivity contribution is -0.148. The van der Waals surface area contributed by atoms with E-state index < -0.39 is 36.0 Å². The Hall–Kier alpha value is -2.63. The van der Waals surface area contributed by atoms with E-state index in [0.29, 0.717) is 17.6 Å². The summed E-state index contributed by atoms with van der Waals surface area (Å²) in [5.41, 5.74) is 2.07. The minimum absolute atomic E-state index is 0.155. The van der Waals surface area contributed by atoms with Crippen LogP contribution in [0.1, 0.15) is 33.6 Å². The SMILES string of the molecule is C=C1C(=O)O[C@@H]2C=C(C)C[C@@H]3C=C(C[C@H](OC(=O)/C(C)=C/C)[C@@H]12)C(=O)O3. The Bertz CT molecular complexity index is 769. The molecule has 6 heteroatoms. The maximum absolute atomic E-state index is 12.3. The number of esters is 3. The van der Waals surface area contributed by atoms with Crippen LogP contribution in [0.5, 0.6) is 0 Å². The lowest BCUT2D eigenvalue weighted by Crippen LogP contribution is -2.34. The number of carbonyl (C=O) groups excluding carboxylic acids is 3. The Balaban J connectivity index is 2.00. The van der Waals surface area contributed by atoms with Crippen LogP contribution in [-0.2, 0) is 28.6 Å². The summed E-state index contributed by atoms with van der Waals surface area (Å²) in [6.45, 7) is 9.10. The molecule has 0 aromatic rings. The van der Waals surface area contributed by atoms with Gasteiger partial charge in [-0.25, -0.2) is 14.4 Å². The summed E-state index contributed by atoms with van der Waals surface area (Å²) in [4.78, 5) is 36.6. The van der Waals surface area contributed by atoms with Crippen molar-refractivity contribution in [1.29, 1.82) is 0 Å². The average Bonchev–Trinajstić information content (AvgIpc) is 3.04. The van der Waals surface area contributed by atoms with Crippen LogP contribution >= 0.6 is 0 Å². The van der Waals surface area contributed by atoms with Crippen molar-refractivity contribution in [1.82, 2.24) is 0 Å². The van der Waals surface area contributed by atoms with Crippen molar-refractivity contribution in [2.75, 3.05) is 0 Å². The maximum Gasteiger partial charge on any atom is 0.334 e. The van der Waals surface area contributed by atoms with E-state index in [1.54, 1.807) is 26.0 Å². The molecule has 0 spiro atoms. The fourth-order valence-corrected chi connectivity index (χ4v) is 3.44. The number of ether oxygens (including phenoxy) is 3. The quantitative estimate of drug-likeness (QED) is 0.327. The van der Waals surface area contributed by atoms with Gasteiger partial charge < -0.3 is 14.2 Å². The Morgan fingerprint density at radius 1 is 1.23 bits per heavy atom. The minimum atomic E-state index is -0.749. The van der Waals surface area contributed by atoms with Crippen LogP contribution in [0.2, 0.25) is 0 Å². The molecule has 2 bridgehead atoms. The molecular formula is C20H22O6. The number of allylic oxidation sites excluding steroid dienone is 1. The third kappa shape index (κ3) is 3.36. The monoisotopic (exact) mass is 358 g/mol. The smallest absolute Gasteiger partial charge is 0.334 e. The van der Waals surface area contributed by atoms with Crippen LogP contribution in [0.15, 0.2) is 47.1 Å². The van der Waals surface area contributed by atoms with Gasteiger partial charge in [0.2, 0.25) is 0 Å². The van der Waals surface area contributed by atoms with E-state index in [2.05, 4.69) is 6.58 Å². The Morgan fingerprint density at radius 3 is 2.65 bits per heavy atom. The lowest BCUT2D eigenvalue weighted by Gasteiger charge is -2.26. The van der Waals surface area contributed by atoms with Crippen molar-refractivity contribution in [2.24, 2.45) is 5.92 Å². The molecule has 3 aliphatic rings. The number of fused-ring (bicyclic) bond motifs is 2. The Kier molecular flexibility index (Phi) is 4.85.